The van der Waals surface area contributed by atoms with E-state index in [9.17, 15) is 17.6 Å². The van der Waals surface area contributed by atoms with Crippen LogP contribution in [0.4, 0.5) is 10.1 Å². The van der Waals surface area contributed by atoms with Crippen molar-refractivity contribution >= 4 is 37.5 Å². The highest BCUT2D eigenvalue weighted by atomic mass is 79.9. The number of halogens is 2. The van der Waals surface area contributed by atoms with Gasteiger partial charge in [0.1, 0.15) is 5.82 Å². The predicted octanol–water partition coefficient (Wildman–Crippen LogP) is 3.58. The maximum Gasteiger partial charge on any atom is 0.243 e. The Morgan fingerprint density at radius 2 is 1.86 bits per heavy atom. The standard InChI is InChI=1S/C20H20BrFN2O3S/c21-16-3-8-19-14(12-16)9-11-24(19)20(25)15-2-1-10-23(13-15)28(26,27)18-6-4-17(22)5-7-18/h3-8,12,15H,1-2,9-11,13H2. The van der Waals surface area contributed by atoms with Crippen molar-refractivity contribution in [1.82, 2.24) is 4.31 Å². The van der Waals surface area contributed by atoms with Crippen molar-refractivity contribution < 1.29 is 17.6 Å². The molecule has 8 heteroatoms. The zero-order valence-electron chi connectivity index (χ0n) is 15.1. The molecule has 0 radical (unpaired) electrons. The molecular formula is C20H20BrFN2O3S. The van der Waals surface area contributed by atoms with E-state index in [0.29, 0.717) is 25.9 Å². The summed E-state index contributed by atoms with van der Waals surface area (Å²) >= 11 is 3.45. The first kappa shape index (κ1) is 19.5. The molecule has 2 aliphatic rings. The molecule has 1 unspecified atom stereocenters. The van der Waals surface area contributed by atoms with Gasteiger partial charge in [-0.3, -0.25) is 4.79 Å². The Hall–Kier alpha value is -1.77. The molecule has 0 N–H and O–H groups in total. The van der Waals surface area contributed by atoms with Crippen molar-refractivity contribution in [2.24, 2.45) is 5.92 Å². The van der Waals surface area contributed by atoms with Gasteiger partial charge < -0.3 is 4.90 Å². The second-order valence-corrected chi connectivity index (χ2v) is 10.0. The van der Waals surface area contributed by atoms with E-state index in [4.69, 9.17) is 0 Å². The van der Waals surface area contributed by atoms with E-state index in [0.717, 1.165) is 34.3 Å². The van der Waals surface area contributed by atoms with Gasteiger partial charge >= 0.3 is 0 Å². The number of hydrogen-bond donors (Lipinski definition) is 0. The minimum Gasteiger partial charge on any atom is -0.312 e. The van der Waals surface area contributed by atoms with Crippen LogP contribution in [0.25, 0.3) is 0 Å². The van der Waals surface area contributed by atoms with Gasteiger partial charge in [-0.15, -0.1) is 0 Å². The highest BCUT2D eigenvalue weighted by Gasteiger charge is 2.37. The molecule has 2 aromatic rings. The van der Waals surface area contributed by atoms with E-state index in [1.54, 1.807) is 4.90 Å². The van der Waals surface area contributed by atoms with E-state index in [1.165, 1.54) is 16.4 Å². The van der Waals surface area contributed by atoms with Crippen LogP contribution >= 0.6 is 15.9 Å². The summed E-state index contributed by atoms with van der Waals surface area (Å²) in [5.41, 5.74) is 2.03. The van der Waals surface area contributed by atoms with Gasteiger partial charge in [-0.05, 0) is 67.3 Å². The molecule has 0 aliphatic carbocycles. The summed E-state index contributed by atoms with van der Waals surface area (Å²) in [5.74, 6) is -0.886. The summed E-state index contributed by atoms with van der Waals surface area (Å²) in [6, 6.07) is 10.7. The van der Waals surface area contributed by atoms with E-state index in [1.807, 2.05) is 18.2 Å². The molecule has 0 spiro atoms. The third-order valence-electron chi connectivity index (χ3n) is 5.39. The molecule has 1 fully saturated rings. The summed E-state index contributed by atoms with van der Waals surface area (Å²) in [6.07, 6.45) is 2.08. The fraction of sp³-hybridized carbons (Fsp3) is 0.350. The van der Waals surface area contributed by atoms with Crippen LogP contribution in [0.1, 0.15) is 18.4 Å². The van der Waals surface area contributed by atoms with Crippen molar-refractivity contribution in [2.75, 3.05) is 24.5 Å². The number of carbonyl (C=O) groups is 1. The van der Waals surface area contributed by atoms with Crippen LogP contribution < -0.4 is 4.90 Å². The maximum atomic E-state index is 13.1. The highest BCUT2D eigenvalue weighted by Crippen LogP contribution is 2.33. The van der Waals surface area contributed by atoms with Crippen LogP contribution in [0.3, 0.4) is 0 Å². The summed E-state index contributed by atoms with van der Waals surface area (Å²) in [4.78, 5) is 15.0. The van der Waals surface area contributed by atoms with Gasteiger partial charge in [0, 0.05) is 29.8 Å². The van der Waals surface area contributed by atoms with Crippen molar-refractivity contribution in [3.63, 3.8) is 0 Å². The number of benzene rings is 2. The Kier molecular flexibility index (Phi) is 5.28. The second-order valence-electron chi connectivity index (χ2n) is 7.17. The molecule has 2 heterocycles. The average molecular weight is 467 g/mol. The van der Waals surface area contributed by atoms with E-state index >= 15 is 0 Å². The summed E-state index contributed by atoms with van der Waals surface area (Å²) in [7, 11) is -3.75. The van der Waals surface area contributed by atoms with Crippen LogP contribution in [-0.4, -0.2) is 38.3 Å². The van der Waals surface area contributed by atoms with Gasteiger partial charge in [0.25, 0.3) is 0 Å². The molecule has 2 aliphatic heterocycles. The van der Waals surface area contributed by atoms with Gasteiger partial charge in [0.2, 0.25) is 15.9 Å². The molecule has 1 atom stereocenters. The van der Waals surface area contributed by atoms with Crippen molar-refractivity contribution in [2.45, 2.75) is 24.2 Å². The average Bonchev–Trinajstić information content (AvgIpc) is 3.10. The first-order valence-electron chi connectivity index (χ1n) is 9.22. The molecule has 28 heavy (non-hydrogen) atoms. The number of nitrogens with zero attached hydrogens (tertiary/aromatic N) is 2. The van der Waals surface area contributed by atoms with Crippen LogP contribution in [0.5, 0.6) is 0 Å². The number of piperidine rings is 1. The van der Waals surface area contributed by atoms with Crippen LogP contribution in [0, 0.1) is 11.7 Å². The Morgan fingerprint density at radius 1 is 1.11 bits per heavy atom. The van der Waals surface area contributed by atoms with E-state index in [2.05, 4.69) is 15.9 Å². The second kappa shape index (κ2) is 7.57. The summed E-state index contributed by atoms with van der Waals surface area (Å²) in [6.45, 7) is 1.14. The Labute approximate surface area is 172 Å². The normalized spacial score (nSPS) is 20.2. The summed E-state index contributed by atoms with van der Waals surface area (Å²) in [5, 5.41) is 0. The molecule has 4 rings (SSSR count). The number of anilines is 1. The van der Waals surface area contributed by atoms with Crippen molar-refractivity contribution in [3.8, 4) is 0 Å². The lowest BCUT2D eigenvalue weighted by molar-refractivity contribution is -0.123. The Morgan fingerprint density at radius 3 is 2.61 bits per heavy atom. The molecule has 1 saturated heterocycles. The monoisotopic (exact) mass is 466 g/mol. The Balaban J connectivity index is 1.53. The van der Waals surface area contributed by atoms with E-state index in [-0.39, 0.29) is 23.3 Å². The lowest BCUT2D eigenvalue weighted by atomic mass is 9.98. The molecule has 1 amide bonds. The molecule has 2 aromatic carbocycles. The fourth-order valence-corrected chi connectivity index (χ4v) is 5.87. The molecule has 0 saturated carbocycles. The lowest BCUT2D eigenvalue weighted by Gasteiger charge is -2.33. The molecule has 5 nitrogen and oxygen atoms in total. The van der Waals surface area contributed by atoms with Gasteiger partial charge in [0.15, 0.2) is 0 Å². The lowest BCUT2D eigenvalue weighted by Crippen LogP contribution is -2.46. The number of carbonyl (C=O) groups excluding carboxylic acids is 1. The molecule has 0 bridgehead atoms. The van der Waals surface area contributed by atoms with Gasteiger partial charge in [0.05, 0.1) is 10.8 Å². The number of hydrogen-bond acceptors (Lipinski definition) is 3. The van der Waals surface area contributed by atoms with Crippen molar-refractivity contribution in [3.05, 3.63) is 58.3 Å². The van der Waals surface area contributed by atoms with Gasteiger partial charge in [-0.2, -0.15) is 4.31 Å². The largest absolute Gasteiger partial charge is 0.312 e. The molecule has 0 aromatic heterocycles. The quantitative estimate of drug-likeness (QED) is 0.694. The predicted molar refractivity (Wildman–Crippen MR) is 108 cm³/mol. The number of fused-ring (bicyclic) bond motifs is 1. The Bertz CT molecular complexity index is 1010. The molecular weight excluding hydrogens is 447 g/mol. The minimum absolute atomic E-state index is 0.0277. The van der Waals surface area contributed by atoms with Crippen LogP contribution in [-0.2, 0) is 21.2 Å². The third-order valence-corrected chi connectivity index (χ3v) is 7.76. The smallest absolute Gasteiger partial charge is 0.243 e. The number of sulfonamides is 1. The number of rotatable bonds is 3. The van der Waals surface area contributed by atoms with Gasteiger partial charge in [-0.1, -0.05) is 15.9 Å². The minimum atomic E-state index is -3.75. The van der Waals surface area contributed by atoms with Crippen LogP contribution in [0.2, 0.25) is 0 Å². The topological polar surface area (TPSA) is 57.7 Å². The molecule has 148 valence electrons. The first-order valence-corrected chi connectivity index (χ1v) is 11.4. The summed E-state index contributed by atoms with van der Waals surface area (Å²) < 4.78 is 41.3. The fourth-order valence-electron chi connectivity index (χ4n) is 3.94. The van der Waals surface area contributed by atoms with Crippen molar-refractivity contribution in [1.29, 1.82) is 0 Å². The SMILES string of the molecule is O=C(C1CCCN(S(=O)(=O)c2ccc(F)cc2)C1)N1CCc2cc(Br)ccc21. The third kappa shape index (κ3) is 3.60. The van der Waals surface area contributed by atoms with Gasteiger partial charge in [-0.25, -0.2) is 12.8 Å². The number of amides is 1. The maximum absolute atomic E-state index is 13.1. The highest BCUT2D eigenvalue weighted by molar-refractivity contribution is 9.10. The zero-order chi connectivity index (χ0) is 19.9. The zero-order valence-corrected chi connectivity index (χ0v) is 17.5. The van der Waals surface area contributed by atoms with E-state index < -0.39 is 15.8 Å². The first-order chi connectivity index (χ1) is 13.4. The van der Waals surface area contributed by atoms with Crippen LogP contribution in [0.15, 0.2) is 51.8 Å².